The number of benzene rings is 1. The van der Waals surface area contributed by atoms with Crippen molar-refractivity contribution >= 4 is 0 Å². The first-order valence-electron chi connectivity index (χ1n) is 6.84. The predicted molar refractivity (Wildman–Crippen MR) is 71.0 cm³/mol. The number of alkyl halides is 1. The summed E-state index contributed by atoms with van der Waals surface area (Å²) in [5.74, 6) is 0.833. The molecule has 2 aliphatic rings. The highest BCUT2D eigenvalue weighted by Gasteiger charge is 2.52. The maximum absolute atomic E-state index is 13.7. The van der Waals surface area contributed by atoms with E-state index in [1.54, 1.807) is 7.11 Å². The standard InChI is InChI=1S/C15H20FNO2/c1-19-13-4-2-11(3-5-13)14-6-7-15(10-18)8-12(16)9-17(14)15/h2-5,12,14,18H,6-10H2,1H3. The lowest BCUT2D eigenvalue weighted by atomic mass is 9.94. The van der Waals surface area contributed by atoms with Crippen LogP contribution in [-0.4, -0.2) is 42.0 Å². The second-order valence-corrected chi connectivity index (χ2v) is 5.66. The molecule has 0 spiro atoms. The molecule has 19 heavy (non-hydrogen) atoms. The molecule has 0 aliphatic carbocycles. The van der Waals surface area contributed by atoms with Crippen LogP contribution in [0.25, 0.3) is 0 Å². The quantitative estimate of drug-likeness (QED) is 0.910. The van der Waals surface area contributed by atoms with Gasteiger partial charge < -0.3 is 9.84 Å². The molecule has 2 heterocycles. The molecule has 1 aromatic rings. The van der Waals surface area contributed by atoms with E-state index in [4.69, 9.17) is 4.74 Å². The van der Waals surface area contributed by atoms with Crippen molar-refractivity contribution in [1.82, 2.24) is 4.90 Å². The van der Waals surface area contributed by atoms with Crippen molar-refractivity contribution in [3.63, 3.8) is 0 Å². The summed E-state index contributed by atoms with van der Waals surface area (Å²) in [6, 6.07) is 8.19. The van der Waals surface area contributed by atoms with Crippen molar-refractivity contribution < 1.29 is 14.2 Å². The Balaban J connectivity index is 1.85. The molecule has 0 radical (unpaired) electrons. The predicted octanol–water partition coefficient (Wildman–Crippen LogP) is 2.30. The highest BCUT2D eigenvalue weighted by atomic mass is 19.1. The molecule has 3 rings (SSSR count). The van der Waals surface area contributed by atoms with Crippen LogP contribution in [-0.2, 0) is 0 Å². The molecule has 0 saturated carbocycles. The third-order valence-electron chi connectivity index (χ3n) is 4.66. The summed E-state index contributed by atoms with van der Waals surface area (Å²) in [5.41, 5.74) is 0.856. The number of fused-ring (bicyclic) bond motifs is 1. The summed E-state index contributed by atoms with van der Waals surface area (Å²) in [5, 5.41) is 9.66. The summed E-state index contributed by atoms with van der Waals surface area (Å²) >= 11 is 0. The maximum Gasteiger partial charge on any atom is 0.118 e. The first-order chi connectivity index (χ1) is 9.18. The van der Waals surface area contributed by atoms with Gasteiger partial charge in [0.25, 0.3) is 0 Å². The molecule has 1 N–H and O–H groups in total. The van der Waals surface area contributed by atoms with Crippen LogP contribution in [0.3, 0.4) is 0 Å². The van der Waals surface area contributed by atoms with Gasteiger partial charge in [-0.05, 0) is 30.5 Å². The Bertz CT molecular complexity index is 450. The zero-order valence-electron chi connectivity index (χ0n) is 11.2. The fourth-order valence-corrected chi connectivity index (χ4v) is 3.67. The fraction of sp³-hybridized carbons (Fsp3) is 0.600. The van der Waals surface area contributed by atoms with Crippen LogP contribution in [0.5, 0.6) is 5.75 Å². The summed E-state index contributed by atoms with van der Waals surface area (Å²) in [7, 11) is 1.65. The monoisotopic (exact) mass is 265 g/mol. The first kappa shape index (κ1) is 12.9. The Labute approximate surface area is 113 Å². The SMILES string of the molecule is COc1ccc(C2CCC3(CO)CC(F)CN23)cc1. The maximum atomic E-state index is 13.7. The number of rotatable bonds is 3. The van der Waals surface area contributed by atoms with Crippen LogP contribution < -0.4 is 4.74 Å². The zero-order valence-corrected chi connectivity index (χ0v) is 11.2. The Morgan fingerprint density at radius 3 is 2.79 bits per heavy atom. The van der Waals surface area contributed by atoms with E-state index in [9.17, 15) is 9.50 Å². The number of hydrogen-bond donors (Lipinski definition) is 1. The Hall–Kier alpha value is -1.13. The molecule has 3 unspecified atom stereocenters. The Morgan fingerprint density at radius 1 is 1.42 bits per heavy atom. The summed E-state index contributed by atoms with van der Waals surface area (Å²) in [6.45, 7) is 0.497. The van der Waals surface area contributed by atoms with Gasteiger partial charge in [0.1, 0.15) is 11.9 Å². The number of halogens is 1. The van der Waals surface area contributed by atoms with Gasteiger partial charge in [0, 0.05) is 24.5 Å². The highest BCUT2D eigenvalue weighted by molar-refractivity contribution is 5.31. The smallest absolute Gasteiger partial charge is 0.118 e. The fourth-order valence-electron chi connectivity index (χ4n) is 3.67. The van der Waals surface area contributed by atoms with Gasteiger partial charge in [-0.25, -0.2) is 4.39 Å². The highest BCUT2D eigenvalue weighted by Crippen LogP contribution is 2.49. The van der Waals surface area contributed by atoms with Crippen molar-refractivity contribution in [2.45, 2.75) is 37.0 Å². The van der Waals surface area contributed by atoms with E-state index < -0.39 is 6.17 Å². The molecule has 3 atom stereocenters. The first-order valence-corrected chi connectivity index (χ1v) is 6.84. The summed E-state index contributed by atoms with van der Waals surface area (Å²) in [4.78, 5) is 2.17. The number of nitrogens with zero attached hydrogens (tertiary/aromatic N) is 1. The van der Waals surface area contributed by atoms with Crippen LogP contribution in [0.4, 0.5) is 4.39 Å². The number of aliphatic hydroxyl groups excluding tert-OH is 1. The molecule has 0 aromatic heterocycles. The average Bonchev–Trinajstić information content (AvgIpc) is 2.93. The van der Waals surface area contributed by atoms with Crippen LogP contribution >= 0.6 is 0 Å². The molecule has 0 bridgehead atoms. The molecule has 0 amide bonds. The minimum absolute atomic E-state index is 0.0556. The molecular formula is C15H20FNO2. The second kappa shape index (κ2) is 4.76. The van der Waals surface area contributed by atoms with Gasteiger partial charge in [-0.15, -0.1) is 0 Å². The number of aliphatic hydroxyl groups is 1. The molecule has 2 aliphatic heterocycles. The van der Waals surface area contributed by atoms with Crippen molar-refractivity contribution in [2.24, 2.45) is 0 Å². The molecule has 4 heteroatoms. The van der Waals surface area contributed by atoms with Gasteiger partial charge in [-0.3, -0.25) is 4.90 Å². The number of ether oxygens (including phenoxy) is 1. The second-order valence-electron chi connectivity index (χ2n) is 5.66. The largest absolute Gasteiger partial charge is 0.497 e. The van der Waals surface area contributed by atoms with Gasteiger partial charge in [-0.2, -0.15) is 0 Å². The Morgan fingerprint density at radius 2 is 2.16 bits per heavy atom. The zero-order chi connectivity index (χ0) is 13.5. The number of methoxy groups -OCH3 is 1. The molecule has 2 fully saturated rings. The van der Waals surface area contributed by atoms with Crippen molar-refractivity contribution in [3.8, 4) is 5.75 Å². The van der Waals surface area contributed by atoms with Crippen LogP contribution in [0.2, 0.25) is 0 Å². The lowest BCUT2D eigenvalue weighted by Gasteiger charge is -2.33. The Kier molecular flexibility index (Phi) is 3.23. The third-order valence-corrected chi connectivity index (χ3v) is 4.66. The van der Waals surface area contributed by atoms with E-state index in [0.29, 0.717) is 13.0 Å². The van der Waals surface area contributed by atoms with E-state index in [1.165, 1.54) is 5.56 Å². The van der Waals surface area contributed by atoms with Gasteiger partial charge >= 0.3 is 0 Å². The van der Waals surface area contributed by atoms with Crippen molar-refractivity contribution in [2.75, 3.05) is 20.3 Å². The number of hydrogen-bond acceptors (Lipinski definition) is 3. The van der Waals surface area contributed by atoms with Gasteiger partial charge in [0.2, 0.25) is 0 Å². The van der Waals surface area contributed by atoms with Crippen molar-refractivity contribution in [3.05, 3.63) is 29.8 Å². The van der Waals surface area contributed by atoms with E-state index in [0.717, 1.165) is 18.6 Å². The van der Waals surface area contributed by atoms with Crippen LogP contribution in [0.15, 0.2) is 24.3 Å². The average molecular weight is 265 g/mol. The molecule has 3 nitrogen and oxygen atoms in total. The lowest BCUT2D eigenvalue weighted by molar-refractivity contribution is 0.0776. The molecule has 104 valence electrons. The molecule has 1 aromatic carbocycles. The van der Waals surface area contributed by atoms with E-state index in [2.05, 4.69) is 4.90 Å². The van der Waals surface area contributed by atoms with E-state index in [-0.39, 0.29) is 18.2 Å². The molecule has 2 saturated heterocycles. The normalized spacial score (nSPS) is 34.5. The lowest BCUT2D eigenvalue weighted by Crippen LogP contribution is -2.42. The van der Waals surface area contributed by atoms with Gasteiger partial charge in [0.05, 0.1) is 13.7 Å². The van der Waals surface area contributed by atoms with E-state index in [1.807, 2.05) is 24.3 Å². The van der Waals surface area contributed by atoms with Crippen molar-refractivity contribution in [1.29, 1.82) is 0 Å². The van der Waals surface area contributed by atoms with Gasteiger partial charge in [-0.1, -0.05) is 12.1 Å². The third kappa shape index (κ3) is 2.03. The van der Waals surface area contributed by atoms with Gasteiger partial charge in [0.15, 0.2) is 0 Å². The molecular weight excluding hydrogens is 245 g/mol. The minimum Gasteiger partial charge on any atom is -0.497 e. The topological polar surface area (TPSA) is 32.7 Å². The summed E-state index contributed by atoms with van der Waals surface area (Å²) in [6.07, 6.45) is 1.52. The minimum atomic E-state index is -0.812. The van der Waals surface area contributed by atoms with E-state index >= 15 is 0 Å². The van der Waals surface area contributed by atoms with Crippen LogP contribution in [0.1, 0.15) is 30.9 Å². The van der Waals surface area contributed by atoms with Crippen LogP contribution in [0, 0.1) is 0 Å². The summed E-state index contributed by atoms with van der Waals surface area (Å²) < 4.78 is 18.9.